The van der Waals surface area contributed by atoms with Crippen LogP contribution in [0.5, 0.6) is 0 Å². The lowest BCUT2D eigenvalue weighted by Crippen LogP contribution is -2.10. The molecule has 2 aromatic carbocycles. The van der Waals surface area contributed by atoms with E-state index in [2.05, 4.69) is 0 Å². The third kappa shape index (κ3) is 3.27. The van der Waals surface area contributed by atoms with E-state index >= 15 is 0 Å². The zero-order valence-corrected chi connectivity index (χ0v) is 13.7. The second-order valence-electron chi connectivity index (χ2n) is 5.68. The van der Waals surface area contributed by atoms with Crippen molar-refractivity contribution >= 4 is 15.5 Å². The molecule has 0 atom stereocenters. The predicted octanol–water partition coefficient (Wildman–Crippen LogP) is 3.48. The van der Waals surface area contributed by atoms with Gasteiger partial charge in [0.05, 0.1) is 16.3 Å². The average Bonchev–Trinajstić information content (AvgIpc) is 2.36. The fourth-order valence-corrected chi connectivity index (χ4v) is 4.40. The van der Waals surface area contributed by atoms with Crippen molar-refractivity contribution in [3.63, 3.8) is 0 Å². The van der Waals surface area contributed by atoms with Crippen LogP contribution in [0.2, 0.25) is 0 Å². The van der Waals surface area contributed by atoms with E-state index < -0.39 is 9.84 Å². The number of sulfone groups is 1. The van der Waals surface area contributed by atoms with Crippen LogP contribution in [0.15, 0.2) is 35.2 Å². The molecule has 0 aliphatic rings. The first-order valence-electron chi connectivity index (χ1n) is 6.86. The van der Waals surface area contributed by atoms with Gasteiger partial charge in [-0.3, -0.25) is 0 Å². The largest absolute Gasteiger partial charge is 0.398 e. The fourth-order valence-electron chi connectivity index (χ4n) is 2.62. The van der Waals surface area contributed by atoms with Crippen LogP contribution in [0.25, 0.3) is 0 Å². The summed E-state index contributed by atoms with van der Waals surface area (Å²) >= 11 is 0. The molecule has 0 amide bonds. The lowest BCUT2D eigenvalue weighted by Gasteiger charge is -2.13. The van der Waals surface area contributed by atoms with Crippen molar-refractivity contribution in [2.24, 2.45) is 0 Å². The quantitative estimate of drug-likeness (QED) is 0.883. The second-order valence-corrected chi connectivity index (χ2v) is 7.64. The molecule has 0 radical (unpaired) electrons. The minimum atomic E-state index is -3.45. The molecule has 0 bridgehead atoms. The molecule has 2 N–H and O–H groups in total. The van der Waals surface area contributed by atoms with E-state index in [0.717, 1.165) is 27.8 Å². The number of aryl methyl sites for hydroxylation is 4. The highest BCUT2D eigenvalue weighted by Gasteiger charge is 2.20. The SMILES string of the molecule is Cc1cc(C)c(CS(=O)(=O)c2cc(C)ccc2N)c(C)c1. The van der Waals surface area contributed by atoms with E-state index in [1.807, 2.05) is 45.9 Å². The minimum absolute atomic E-state index is 0.0153. The van der Waals surface area contributed by atoms with Gasteiger partial charge in [-0.25, -0.2) is 8.42 Å². The van der Waals surface area contributed by atoms with Gasteiger partial charge in [0.1, 0.15) is 0 Å². The molecular weight excluding hydrogens is 282 g/mol. The standard InChI is InChI=1S/C17H21NO2S/c1-11-5-6-16(18)17(9-11)21(19,20)10-15-13(3)7-12(2)8-14(15)4/h5-9H,10,18H2,1-4H3. The Labute approximate surface area is 126 Å². The van der Waals surface area contributed by atoms with E-state index in [1.54, 1.807) is 12.1 Å². The Morgan fingerprint density at radius 3 is 2.05 bits per heavy atom. The Morgan fingerprint density at radius 2 is 1.48 bits per heavy atom. The van der Waals surface area contributed by atoms with Crippen LogP contribution >= 0.6 is 0 Å². The highest BCUT2D eigenvalue weighted by Crippen LogP contribution is 2.26. The van der Waals surface area contributed by atoms with E-state index in [-0.39, 0.29) is 10.6 Å². The molecule has 2 rings (SSSR count). The summed E-state index contributed by atoms with van der Waals surface area (Å²) in [7, 11) is -3.45. The Morgan fingerprint density at radius 1 is 0.905 bits per heavy atom. The molecule has 0 saturated heterocycles. The normalized spacial score (nSPS) is 11.6. The smallest absolute Gasteiger partial charge is 0.184 e. The van der Waals surface area contributed by atoms with E-state index in [1.165, 1.54) is 0 Å². The van der Waals surface area contributed by atoms with Crippen LogP contribution in [-0.2, 0) is 15.6 Å². The summed E-state index contributed by atoms with van der Waals surface area (Å²) in [5.74, 6) is -0.0153. The molecule has 0 aromatic heterocycles. The second kappa shape index (κ2) is 5.53. The van der Waals surface area contributed by atoms with Gasteiger partial charge >= 0.3 is 0 Å². The summed E-state index contributed by atoms with van der Waals surface area (Å²) in [6, 6.07) is 9.13. The predicted molar refractivity (Wildman–Crippen MR) is 87.1 cm³/mol. The summed E-state index contributed by atoms with van der Waals surface area (Å²) < 4.78 is 25.4. The molecule has 0 saturated carbocycles. The van der Waals surface area contributed by atoms with Crippen LogP contribution < -0.4 is 5.73 Å². The molecule has 21 heavy (non-hydrogen) atoms. The zero-order chi connectivity index (χ0) is 15.8. The first kappa shape index (κ1) is 15.6. The Bertz CT molecular complexity index is 769. The van der Waals surface area contributed by atoms with Gasteiger partial charge in [-0.15, -0.1) is 0 Å². The molecule has 3 nitrogen and oxygen atoms in total. The van der Waals surface area contributed by atoms with Crippen molar-refractivity contribution in [2.45, 2.75) is 38.3 Å². The average molecular weight is 303 g/mol. The van der Waals surface area contributed by atoms with Gasteiger partial charge < -0.3 is 5.73 Å². The van der Waals surface area contributed by atoms with Crippen molar-refractivity contribution in [3.8, 4) is 0 Å². The summed E-state index contributed by atoms with van der Waals surface area (Å²) in [5, 5.41) is 0. The first-order valence-corrected chi connectivity index (χ1v) is 8.51. The van der Waals surface area contributed by atoms with Crippen LogP contribution in [-0.4, -0.2) is 8.42 Å². The van der Waals surface area contributed by atoms with Crippen LogP contribution in [0, 0.1) is 27.7 Å². The number of rotatable bonds is 3. The number of anilines is 1. The van der Waals surface area contributed by atoms with Crippen molar-refractivity contribution < 1.29 is 8.42 Å². The summed E-state index contributed by atoms with van der Waals surface area (Å²) in [6.07, 6.45) is 0. The van der Waals surface area contributed by atoms with Gasteiger partial charge in [-0.2, -0.15) is 0 Å². The van der Waals surface area contributed by atoms with Gasteiger partial charge in [0.25, 0.3) is 0 Å². The van der Waals surface area contributed by atoms with Crippen molar-refractivity contribution in [3.05, 3.63) is 58.1 Å². The molecule has 0 spiro atoms. The molecule has 0 unspecified atom stereocenters. The topological polar surface area (TPSA) is 60.2 Å². The highest BCUT2D eigenvalue weighted by molar-refractivity contribution is 7.90. The third-order valence-corrected chi connectivity index (χ3v) is 5.37. The van der Waals surface area contributed by atoms with Gasteiger partial charge in [-0.05, 0) is 62.1 Å². The Balaban J connectivity index is 2.50. The monoisotopic (exact) mass is 303 g/mol. The Kier molecular flexibility index (Phi) is 4.10. The number of hydrogen-bond acceptors (Lipinski definition) is 3. The number of nitrogen functional groups attached to an aromatic ring is 1. The van der Waals surface area contributed by atoms with Crippen molar-refractivity contribution in [1.29, 1.82) is 0 Å². The lowest BCUT2D eigenvalue weighted by molar-refractivity contribution is 0.595. The first-order chi connectivity index (χ1) is 9.70. The molecule has 0 fully saturated rings. The van der Waals surface area contributed by atoms with Gasteiger partial charge in [-0.1, -0.05) is 23.8 Å². The lowest BCUT2D eigenvalue weighted by atomic mass is 10.0. The summed E-state index contributed by atoms with van der Waals surface area (Å²) in [6.45, 7) is 7.77. The van der Waals surface area contributed by atoms with Gasteiger partial charge in [0, 0.05) is 0 Å². The van der Waals surface area contributed by atoms with E-state index in [9.17, 15) is 8.42 Å². The molecule has 0 heterocycles. The molecule has 0 aliphatic carbocycles. The Hall–Kier alpha value is -1.81. The molecular formula is C17H21NO2S. The van der Waals surface area contributed by atoms with Crippen molar-refractivity contribution in [2.75, 3.05) is 5.73 Å². The minimum Gasteiger partial charge on any atom is -0.398 e. The third-order valence-electron chi connectivity index (χ3n) is 3.68. The number of benzene rings is 2. The maximum Gasteiger partial charge on any atom is 0.184 e. The molecule has 0 aliphatic heterocycles. The number of hydrogen-bond donors (Lipinski definition) is 1. The maximum absolute atomic E-state index is 12.7. The maximum atomic E-state index is 12.7. The fraction of sp³-hybridized carbons (Fsp3) is 0.294. The van der Waals surface area contributed by atoms with Crippen LogP contribution in [0.4, 0.5) is 5.69 Å². The highest BCUT2D eigenvalue weighted by atomic mass is 32.2. The molecule has 2 aromatic rings. The van der Waals surface area contributed by atoms with E-state index in [0.29, 0.717) is 5.69 Å². The molecule has 4 heteroatoms. The number of nitrogens with two attached hydrogens (primary N) is 1. The van der Waals surface area contributed by atoms with E-state index in [4.69, 9.17) is 5.73 Å². The zero-order valence-electron chi connectivity index (χ0n) is 12.9. The van der Waals surface area contributed by atoms with Gasteiger partial charge in [0.2, 0.25) is 0 Å². The van der Waals surface area contributed by atoms with Crippen LogP contribution in [0.1, 0.15) is 27.8 Å². The summed E-state index contributed by atoms with van der Waals surface area (Å²) in [5.41, 5.74) is 11.1. The van der Waals surface area contributed by atoms with Gasteiger partial charge in [0.15, 0.2) is 9.84 Å². The molecule has 112 valence electrons. The van der Waals surface area contributed by atoms with Crippen molar-refractivity contribution in [1.82, 2.24) is 0 Å². The summed E-state index contributed by atoms with van der Waals surface area (Å²) in [4.78, 5) is 0.224. The van der Waals surface area contributed by atoms with Crippen LogP contribution in [0.3, 0.4) is 0 Å².